The third-order valence-corrected chi connectivity index (χ3v) is 5.55. The van der Waals surface area contributed by atoms with E-state index in [9.17, 15) is 9.59 Å². The highest BCUT2D eigenvalue weighted by Gasteiger charge is 2.26. The Balaban J connectivity index is 1.49. The van der Waals surface area contributed by atoms with Gasteiger partial charge in [-0.2, -0.15) is 0 Å². The molecule has 0 aliphatic carbocycles. The molecular weight excluding hydrogens is 364 g/mol. The summed E-state index contributed by atoms with van der Waals surface area (Å²) in [5.41, 5.74) is 1.24. The zero-order valence-corrected chi connectivity index (χ0v) is 16.4. The van der Waals surface area contributed by atoms with E-state index in [-0.39, 0.29) is 11.8 Å². The summed E-state index contributed by atoms with van der Waals surface area (Å²) in [6.07, 6.45) is 1.73. The predicted molar refractivity (Wildman–Crippen MR) is 103 cm³/mol. The fourth-order valence-corrected chi connectivity index (χ4v) is 3.80. The Morgan fingerprint density at radius 3 is 2.70 bits per heavy atom. The second-order valence-corrected chi connectivity index (χ2v) is 7.32. The average Bonchev–Trinajstić information content (AvgIpc) is 3.12. The van der Waals surface area contributed by atoms with Gasteiger partial charge in [0.05, 0.1) is 17.9 Å². The first-order valence-electron chi connectivity index (χ1n) is 9.18. The van der Waals surface area contributed by atoms with Crippen LogP contribution in [0.1, 0.15) is 45.5 Å². The van der Waals surface area contributed by atoms with Crippen LogP contribution in [-0.2, 0) is 0 Å². The molecule has 0 bridgehead atoms. The van der Waals surface area contributed by atoms with Crippen molar-refractivity contribution in [2.24, 2.45) is 5.92 Å². The second-order valence-electron chi connectivity index (χ2n) is 6.56. The van der Waals surface area contributed by atoms with E-state index in [1.165, 1.54) is 0 Å². The number of nitrogens with zero attached hydrogens (tertiary/aromatic N) is 3. The lowest BCUT2D eigenvalue weighted by molar-refractivity contribution is 0.0688. The topological polar surface area (TPSA) is 84.4 Å². The van der Waals surface area contributed by atoms with E-state index in [0.29, 0.717) is 54.0 Å². The van der Waals surface area contributed by atoms with Crippen LogP contribution in [0.25, 0.3) is 0 Å². The van der Waals surface area contributed by atoms with E-state index < -0.39 is 0 Å². The number of piperidine rings is 1. The summed E-state index contributed by atoms with van der Waals surface area (Å²) in [6.45, 7) is 6.19. The summed E-state index contributed by atoms with van der Waals surface area (Å²) >= 11 is 1.15. The number of carbonyl (C=O) groups is 2. The van der Waals surface area contributed by atoms with Gasteiger partial charge in [0.1, 0.15) is 10.6 Å². The first-order chi connectivity index (χ1) is 13.1. The third-order valence-electron chi connectivity index (χ3n) is 4.73. The van der Waals surface area contributed by atoms with Crippen LogP contribution < -0.4 is 10.1 Å². The van der Waals surface area contributed by atoms with Crippen molar-refractivity contribution in [2.45, 2.75) is 26.7 Å². The Morgan fingerprint density at radius 1 is 1.30 bits per heavy atom. The number of nitrogens with one attached hydrogen (secondary N) is 1. The summed E-state index contributed by atoms with van der Waals surface area (Å²) in [7, 11) is 0. The van der Waals surface area contributed by atoms with Crippen LogP contribution in [0.5, 0.6) is 5.75 Å². The molecule has 0 spiro atoms. The van der Waals surface area contributed by atoms with Gasteiger partial charge in [-0.05, 0) is 56.3 Å². The number of benzene rings is 1. The van der Waals surface area contributed by atoms with Crippen molar-refractivity contribution in [2.75, 3.05) is 26.2 Å². The molecule has 2 heterocycles. The Hall–Kier alpha value is -2.48. The summed E-state index contributed by atoms with van der Waals surface area (Å²) < 4.78 is 9.36. The fourth-order valence-electron chi connectivity index (χ4n) is 3.18. The van der Waals surface area contributed by atoms with E-state index in [2.05, 4.69) is 14.9 Å². The van der Waals surface area contributed by atoms with Crippen molar-refractivity contribution in [3.05, 3.63) is 40.4 Å². The van der Waals surface area contributed by atoms with Gasteiger partial charge in [0.15, 0.2) is 0 Å². The number of amides is 2. The highest BCUT2D eigenvalue weighted by atomic mass is 32.1. The smallest absolute Gasteiger partial charge is 0.267 e. The molecule has 8 heteroatoms. The molecule has 0 saturated carbocycles. The van der Waals surface area contributed by atoms with Gasteiger partial charge in [0.2, 0.25) is 0 Å². The lowest BCUT2D eigenvalue weighted by Gasteiger charge is -2.31. The molecule has 1 N–H and O–H groups in total. The van der Waals surface area contributed by atoms with Gasteiger partial charge in [-0.1, -0.05) is 16.6 Å². The molecule has 0 atom stereocenters. The van der Waals surface area contributed by atoms with Crippen LogP contribution in [0.15, 0.2) is 24.3 Å². The molecule has 27 heavy (non-hydrogen) atoms. The van der Waals surface area contributed by atoms with Crippen LogP contribution >= 0.6 is 11.5 Å². The van der Waals surface area contributed by atoms with Crippen molar-refractivity contribution in [3.8, 4) is 5.75 Å². The number of carbonyl (C=O) groups excluding carboxylic acids is 2. The van der Waals surface area contributed by atoms with Crippen LogP contribution in [0.2, 0.25) is 0 Å². The number of aromatic nitrogens is 2. The minimum absolute atomic E-state index is 0.00984. The highest BCUT2D eigenvalue weighted by Crippen LogP contribution is 2.22. The second kappa shape index (κ2) is 8.94. The number of ether oxygens (including phenoxy) is 1. The zero-order chi connectivity index (χ0) is 19.2. The van der Waals surface area contributed by atoms with E-state index in [1.807, 2.05) is 24.0 Å². The van der Waals surface area contributed by atoms with Crippen molar-refractivity contribution in [1.82, 2.24) is 19.8 Å². The molecule has 3 rings (SSSR count). The Labute approximate surface area is 162 Å². The average molecular weight is 388 g/mol. The van der Waals surface area contributed by atoms with E-state index >= 15 is 0 Å². The van der Waals surface area contributed by atoms with Gasteiger partial charge in [0, 0.05) is 19.6 Å². The highest BCUT2D eigenvalue weighted by molar-refractivity contribution is 7.07. The van der Waals surface area contributed by atoms with E-state index in [1.54, 1.807) is 19.1 Å². The maximum atomic E-state index is 12.5. The molecular formula is C19H24N4O3S. The zero-order valence-electron chi connectivity index (χ0n) is 15.6. The SMILES string of the molecule is CCOc1ccccc1C(=O)NCC1CCN(C(=O)c2snnc2C)CC1. The monoisotopic (exact) mass is 388 g/mol. The third kappa shape index (κ3) is 4.63. The number of rotatable bonds is 6. The maximum absolute atomic E-state index is 12.5. The number of hydrogen-bond acceptors (Lipinski definition) is 6. The minimum Gasteiger partial charge on any atom is -0.493 e. The van der Waals surface area contributed by atoms with Crippen LogP contribution in [0.3, 0.4) is 0 Å². The summed E-state index contributed by atoms with van der Waals surface area (Å²) in [4.78, 5) is 27.5. The van der Waals surface area contributed by atoms with E-state index in [4.69, 9.17) is 4.74 Å². The Kier molecular flexibility index (Phi) is 6.39. The molecule has 0 radical (unpaired) electrons. The maximum Gasteiger partial charge on any atom is 0.267 e. The normalized spacial score (nSPS) is 14.8. The molecule has 0 unspecified atom stereocenters. The van der Waals surface area contributed by atoms with Gasteiger partial charge in [-0.25, -0.2) is 0 Å². The summed E-state index contributed by atoms with van der Waals surface area (Å²) in [5, 5.41) is 6.92. The van der Waals surface area contributed by atoms with Crippen LogP contribution in [-0.4, -0.2) is 52.5 Å². The van der Waals surface area contributed by atoms with Crippen LogP contribution in [0, 0.1) is 12.8 Å². The van der Waals surface area contributed by atoms with Crippen molar-refractivity contribution in [3.63, 3.8) is 0 Å². The van der Waals surface area contributed by atoms with Gasteiger partial charge < -0.3 is 15.0 Å². The summed E-state index contributed by atoms with van der Waals surface area (Å²) in [6, 6.07) is 7.26. The molecule has 1 saturated heterocycles. The largest absolute Gasteiger partial charge is 0.493 e. The molecule has 1 aromatic carbocycles. The number of hydrogen-bond donors (Lipinski definition) is 1. The Bertz CT molecular complexity index is 800. The van der Waals surface area contributed by atoms with Crippen molar-refractivity contribution < 1.29 is 14.3 Å². The number of aryl methyl sites for hydroxylation is 1. The van der Waals surface area contributed by atoms with Gasteiger partial charge in [-0.3, -0.25) is 9.59 Å². The molecule has 1 aromatic heterocycles. The number of para-hydroxylation sites is 1. The molecule has 1 aliphatic heterocycles. The van der Waals surface area contributed by atoms with Crippen molar-refractivity contribution in [1.29, 1.82) is 0 Å². The van der Waals surface area contributed by atoms with Crippen LogP contribution in [0.4, 0.5) is 0 Å². The molecule has 2 aromatic rings. The van der Waals surface area contributed by atoms with Gasteiger partial charge >= 0.3 is 0 Å². The molecule has 1 aliphatic rings. The minimum atomic E-state index is -0.121. The fraction of sp³-hybridized carbons (Fsp3) is 0.474. The standard InChI is InChI=1S/C19H24N4O3S/c1-3-26-16-7-5-4-6-15(16)18(24)20-12-14-8-10-23(11-9-14)19(25)17-13(2)21-22-27-17/h4-7,14H,3,8-12H2,1-2H3,(H,20,24). The molecule has 7 nitrogen and oxygen atoms in total. The van der Waals surface area contributed by atoms with E-state index in [0.717, 1.165) is 24.4 Å². The molecule has 144 valence electrons. The number of likely N-dealkylation sites (tertiary alicyclic amines) is 1. The predicted octanol–water partition coefficient (Wildman–Crippen LogP) is 2.53. The molecule has 1 fully saturated rings. The molecule has 2 amide bonds. The lowest BCUT2D eigenvalue weighted by Crippen LogP contribution is -2.41. The first-order valence-corrected chi connectivity index (χ1v) is 9.95. The van der Waals surface area contributed by atoms with Gasteiger partial charge in [0.25, 0.3) is 11.8 Å². The van der Waals surface area contributed by atoms with Gasteiger partial charge in [-0.15, -0.1) is 5.10 Å². The summed E-state index contributed by atoms with van der Waals surface area (Å²) in [5.74, 6) is 0.851. The Morgan fingerprint density at radius 2 is 2.04 bits per heavy atom. The lowest BCUT2D eigenvalue weighted by atomic mass is 9.96. The quantitative estimate of drug-likeness (QED) is 0.822. The van der Waals surface area contributed by atoms with Crippen molar-refractivity contribution >= 4 is 23.3 Å². The first kappa shape index (κ1) is 19.3.